The minimum atomic E-state index is 0.0785. The Labute approximate surface area is 297 Å². The van der Waals surface area contributed by atoms with E-state index < -0.39 is 0 Å². The van der Waals surface area contributed by atoms with Gasteiger partial charge in [0.25, 0.3) is 0 Å². The van der Waals surface area contributed by atoms with Crippen molar-refractivity contribution >= 4 is 11.4 Å². The standard InChI is InChI=1S/C44H54N4O2/c1-3-17-47-19-15-43-31-9-5-7-11-33(31)45-39(43)37-29(23-35(43)47)27(25-47)13-21-49-41(37)46-34-12-8-6-10-32(34)44-16-20-48(18-4-2)26-28-14-22-50-42(45)38(40(44)46)30(28)24-36(44)48/h5-14,29-30,35-42H,3-4,15-26H2,1-2H3/q+2/t29-,30-,35-,36-,37+,38+,39-,40-,41+,42+,43+,44+,47-,48-/m0/s1. The molecule has 2 aromatic carbocycles. The molecule has 9 heterocycles. The molecular formula is C44H54N4O2+2. The Morgan fingerprint density at radius 1 is 0.660 bits per heavy atom. The average molecular weight is 671 g/mol. The van der Waals surface area contributed by atoms with Gasteiger partial charge in [-0.1, -0.05) is 62.4 Å². The first kappa shape index (κ1) is 28.9. The number of quaternary nitrogens is 2. The van der Waals surface area contributed by atoms with E-state index in [9.17, 15) is 0 Å². The molecule has 2 aliphatic carbocycles. The maximum Gasteiger partial charge on any atom is 0.136 e. The Balaban J connectivity index is 1.12. The first-order valence-corrected chi connectivity index (χ1v) is 20.7. The van der Waals surface area contributed by atoms with Gasteiger partial charge in [0, 0.05) is 60.7 Å². The molecule has 7 fully saturated rings. The summed E-state index contributed by atoms with van der Waals surface area (Å²) in [5, 5.41) is 0. The van der Waals surface area contributed by atoms with Gasteiger partial charge in [-0.15, -0.1) is 0 Å². The highest BCUT2D eigenvalue weighted by Gasteiger charge is 2.80. The van der Waals surface area contributed by atoms with Gasteiger partial charge in [0.15, 0.2) is 0 Å². The monoisotopic (exact) mass is 670 g/mol. The third-order valence-corrected chi connectivity index (χ3v) is 17.8. The van der Waals surface area contributed by atoms with Crippen LogP contribution in [0.5, 0.6) is 0 Å². The number of ether oxygens (including phenoxy) is 2. The van der Waals surface area contributed by atoms with Crippen LogP contribution >= 0.6 is 0 Å². The van der Waals surface area contributed by atoms with Crippen LogP contribution in [-0.2, 0) is 20.3 Å². The smallest absolute Gasteiger partial charge is 0.136 e. The van der Waals surface area contributed by atoms with Crippen molar-refractivity contribution in [1.82, 2.24) is 0 Å². The van der Waals surface area contributed by atoms with E-state index in [1.807, 2.05) is 0 Å². The summed E-state index contributed by atoms with van der Waals surface area (Å²) in [5.41, 5.74) is 10.1. The lowest BCUT2D eigenvalue weighted by atomic mass is 9.52. The van der Waals surface area contributed by atoms with E-state index in [-0.39, 0.29) is 23.3 Å². The van der Waals surface area contributed by atoms with Crippen LogP contribution in [0.4, 0.5) is 11.4 Å². The molecular weight excluding hydrogens is 617 g/mol. The lowest BCUT2D eigenvalue weighted by Crippen LogP contribution is -2.78. The van der Waals surface area contributed by atoms with Crippen molar-refractivity contribution in [3.05, 3.63) is 83.0 Å². The number of hydrogen-bond acceptors (Lipinski definition) is 4. The zero-order valence-electron chi connectivity index (χ0n) is 30.1. The normalized spacial score (nSPS) is 50.0. The van der Waals surface area contributed by atoms with Crippen LogP contribution in [0.1, 0.15) is 63.5 Å². The molecule has 4 bridgehead atoms. The largest absolute Gasteiger partial charge is 0.354 e. The molecule has 0 aromatic heterocycles. The Hall–Kier alpha value is -2.64. The second kappa shape index (κ2) is 9.28. The van der Waals surface area contributed by atoms with Crippen LogP contribution < -0.4 is 9.80 Å². The summed E-state index contributed by atoms with van der Waals surface area (Å²) in [6.07, 6.45) is 13.1. The Bertz CT molecular complexity index is 1770. The van der Waals surface area contributed by atoms with Crippen LogP contribution in [-0.4, -0.2) is 98.1 Å². The summed E-state index contributed by atoms with van der Waals surface area (Å²) < 4.78 is 17.7. The number of fused-ring (bicyclic) bond motifs is 6. The molecule has 50 heavy (non-hydrogen) atoms. The first-order chi connectivity index (χ1) is 24.6. The number of hydrogen-bond donors (Lipinski definition) is 0. The van der Waals surface area contributed by atoms with Crippen molar-refractivity contribution < 1.29 is 18.4 Å². The maximum atomic E-state index is 7.55. The quantitative estimate of drug-likeness (QED) is 0.290. The van der Waals surface area contributed by atoms with Crippen molar-refractivity contribution in [3.63, 3.8) is 0 Å². The van der Waals surface area contributed by atoms with Crippen LogP contribution in [0.3, 0.4) is 0 Å². The van der Waals surface area contributed by atoms with Gasteiger partial charge in [0.1, 0.15) is 37.6 Å². The summed E-state index contributed by atoms with van der Waals surface area (Å²) in [6.45, 7) is 14.1. The summed E-state index contributed by atoms with van der Waals surface area (Å²) >= 11 is 0. The van der Waals surface area contributed by atoms with Crippen molar-refractivity contribution in [3.8, 4) is 0 Å². The average Bonchev–Trinajstić information content (AvgIpc) is 3.75. The van der Waals surface area contributed by atoms with Gasteiger partial charge < -0.3 is 28.2 Å². The van der Waals surface area contributed by atoms with E-state index in [2.05, 4.69) is 84.3 Å². The fraction of sp³-hybridized carbons (Fsp3) is 0.636. The van der Waals surface area contributed by atoms with Gasteiger partial charge in [0.2, 0.25) is 0 Å². The van der Waals surface area contributed by atoms with E-state index in [0.717, 1.165) is 13.2 Å². The maximum absolute atomic E-state index is 7.55. The molecule has 0 radical (unpaired) electrons. The molecule has 0 unspecified atom stereocenters. The Kier molecular flexibility index (Phi) is 5.36. The summed E-state index contributed by atoms with van der Waals surface area (Å²) in [5.74, 6) is 1.97. The highest BCUT2D eigenvalue weighted by molar-refractivity contribution is 5.72. The topological polar surface area (TPSA) is 24.9 Å². The number of benzene rings is 2. The third-order valence-electron chi connectivity index (χ3n) is 17.8. The molecule has 5 saturated heterocycles. The van der Waals surface area contributed by atoms with Crippen molar-refractivity contribution in [2.75, 3.05) is 62.3 Å². The second-order valence-corrected chi connectivity index (χ2v) is 18.8. The van der Waals surface area contributed by atoms with E-state index in [1.54, 1.807) is 22.3 Å². The van der Waals surface area contributed by atoms with Gasteiger partial charge in [-0.25, -0.2) is 0 Å². The van der Waals surface area contributed by atoms with Gasteiger partial charge >= 0.3 is 0 Å². The molecule has 2 aromatic rings. The molecule has 0 amide bonds. The van der Waals surface area contributed by atoms with Gasteiger partial charge in [-0.3, -0.25) is 0 Å². The highest BCUT2D eigenvalue weighted by Crippen LogP contribution is 2.72. The number of rotatable bonds is 4. The second-order valence-electron chi connectivity index (χ2n) is 18.8. The van der Waals surface area contributed by atoms with Crippen LogP contribution in [0.25, 0.3) is 0 Å². The lowest BCUT2D eigenvalue weighted by Gasteiger charge is -2.65. The SMILES string of the molecule is CCC[N@+]12CC[C@@]34c5ccccc5N5[C@@H]6OCC=C7C[N@+]8(CCC)CC[C@]9%10c%11ccccc%11N([C@@H]%11OCC=C(C1)[C@H](C[C@@H]32)[C@@H]%11[C@H]54)[C@H]9[C@H]6[C@H]7C[C@@H]%108. The molecule has 0 N–H and O–H groups in total. The molecule has 14 atom stereocenters. The molecule has 6 heteroatoms. The summed E-state index contributed by atoms with van der Waals surface area (Å²) in [4.78, 5) is 6.03. The molecule has 2 spiro atoms. The van der Waals surface area contributed by atoms with Gasteiger partial charge in [-0.2, -0.15) is 0 Å². The minimum absolute atomic E-state index is 0.0785. The van der Waals surface area contributed by atoms with E-state index in [1.165, 1.54) is 98.1 Å². The predicted molar refractivity (Wildman–Crippen MR) is 195 cm³/mol. The zero-order valence-corrected chi connectivity index (χ0v) is 30.1. The lowest BCUT2D eigenvalue weighted by molar-refractivity contribution is -0.943. The summed E-state index contributed by atoms with van der Waals surface area (Å²) in [6, 6.07) is 21.8. The first-order valence-electron chi connectivity index (χ1n) is 20.7. The van der Waals surface area contributed by atoms with E-state index >= 15 is 0 Å². The highest BCUT2D eigenvalue weighted by atomic mass is 16.5. The molecule has 2 saturated carbocycles. The molecule has 11 aliphatic rings. The number of anilines is 2. The summed E-state index contributed by atoms with van der Waals surface area (Å²) in [7, 11) is 0. The fourth-order valence-corrected chi connectivity index (χ4v) is 16.9. The van der Waals surface area contributed by atoms with Crippen LogP contribution in [0.15, 0.2) is 71.8 Å². The Morgan fingerprint density at radius 3 is 1.58 bits per heavy atom. The molecule has 6 nitrogen and oxygen atoms in total. The molecule has 9 aliphatic heterocycles. The van der Waals surface area contributed by atoms with E-state index in [0.29, 0.717) is 47.8 Å². The Morgan fingerprint density at radius 2 is 1.12 bits per heavy atom. The molecule has 260 valence electrons. The number of para-hydroxylation sites is 2. The minimum Gasteiger partial charge on any atom is -0.354 e. The number of nitrogens with zero attached hydrogens (tertiary/aromatic N) is 4. The molecule has 13 rings (SSSR count). The van der Waals surface area contributed by atoms with Crippen LogP contribution in [0.2, 0.25) is 0 Å². The van der Waals surface area contributed by atoms with Crippen LogP contribution in [0, 0.1) is 23.7 Å². The van der Waals surface area contributed by atoms with Crippen molar-refractivity contribution in [2.24, 2.45) is 23.7 Å². The predicted octanol–water partition coefficient (Wildman–Crippen LogP) is 6.12. The third kappa shape index (κ3) is 2.90. The number of piperidine rings is 2. The zero-order chi connectivity index (χ0) is 32.8. The van der Waals surface area contributed by atoms with Gasteiger partial charge in [0.05, 0.1) is 62.3 Å². The van der Waals surface area contributed by atoms with Crippen molar-refractivity contribution in [2.45, 2.75) is 99.8 Å². The fourth-order valence-electron chi connectivity index (χ4n) is 16.9. The van der Waals surface area contributed by atoms with E-state index in [4.69, 9.17) is 9.47 Å². The van der Waals surface area contributed by atoms with Crippen molar-refractivity contribution in [1.29, 1.82) is 0 Å². The van der Waals surface area contributed by atoms with Gasteiger partial charge in [-0.05, 0) is 47.2 Å².